The Hall–Kier alpha value is -2.41. The van der Waals surface area contributed by atoms with Crippen LogP contribution < -0.4 is 10.6 Å². The summed E-state index contributed by atoms with van der Waals surface area (Å²) in [5.41, 5.74) is 1.35. The summed E-state index contributed by atoms with van der Waals surface area (Å²) in [6, 6.07) is 7.02. The fraction of sp³-hybridized carbons (Fsp3) is 0.438. The normalized spacial score (nSPS) is 21.5. The van der Waals surface area contributed by atoms with E-state index in [9.17, 15) is 14.4 Å². The SMILES string of the molecule is C[C@H]1CN(C(=O)c2cccc(CN3C(=O)CNC3=O)c2)CCN1. The van der Waals surface area contributed by atoms with Gasteiger partial charge in [0.15, 0.2) is 0 Å². The topological polar surface area (TPSA) is 81.8 Å². The maximum Gasteiger partial charge on any atom is 0.324 e. The highest BCUT2D eigenvalue weighted by Gasteiger charge is 2.28. The third-order valence-corrected chi connectivity index (χ3v) is 4.11. The maximum absolute atomic E-state index is 12.6. The molecule has 7 heteroatoms. The van der Waals surface area contributed by atoms with E-state index in [1.54, 1.807) is 18.2 Å². The summed E-state index contributed by atoms with van der Waals surface area (Å²) in [4.78, 5) is 38.8. The Balaban J connectivity index is 1.73. The van der Waals surface area contributed by atoms with Crippen molar-refractivity contribution in [1.29, 1.82) is 0 Å². The lowest BCUT2D eigenvalue weighted by Gasteiger charge is -2.32. The quantitative estimate of drug-likeness (QED) is 0.779. The van der Waals surface area contributed by atoms with Crippen molar-refractivity contribution < 1.29 is 14.4 Å². The van der Waals surface area contributed by atoms with Gasteiger partial charge in [0.05, 0.1) is 13.1 Å². The van der Waals surface area contributed by atoms with E-state index in [1.165, 1.54) is 0 Å². The zero-order chi connectivity index (χ0) is 16.4. The van der Waals surface area contributed by atoms with Crippen molar-refractivity contribution in [2.75, 3.05) is 26.2 Å². The predicted octanol–water partition coefficient (Wildman–Crippen LogP) is 0.172. The number of nitrogens with zero attached hydrogens (tertiary/aromatic N) is 2. The van der Waals surface area contributed by atoms with E-state index in [4.69, 9.17) is 0 Å². The third-order valence-electron chi connectivity index (χ3n) is 4.11. The van der Waals surface area contributed by atoms with Gasteiger partial charge in [0.1, 0.15) is 0 Å². The number of carbonyl (C=O) groups excluding carboxylic acids is 3. The van der Waals surface area contributed by atoms with Crippen LogP contribution in [0.25, 0.3) is 0 Å². The number of hydrogen-bond acceptors (Lipinski definition) is 4. The zero-order valence-electron chi connectivity index (χ0n) is 13.0. The molecule has 2 fully saturated rings. The number of rotatable bonds is 3. The van der Waals surface area contributed by atoms with Crippen LogP contribution in [-0.2, 0) is 11.3 Å². The Morgan fingerprint density at radius 3 is 2.87 bits per heavy atom. The molecular weight excluding hydrogens is 296 g/mol. The molecule has 1 atom stereocenters. The Labute approximate surface area is 134 Å². The number of piperazine rings is 1. The smallest absolute Gasteiger partial charge is 0.324 e. The van der Waals surface area contributed by atoms with Gasteiger partial charge in [-0.1, -0.05) is 12.1 Å². The molecule has 2 N–H and O–H groups in total. The first-order valence-corrected chi connectivity index (χ1v) is 7.74. The Morgan fingerprint density at radius 1 is 1.35 bits per heavy atom. The minimum absolute atomic E-state index is 0.0163. The lowest BCUT2D eigenvalue weighted by molar-refractivity contribution is -0.125. The highest BCUT2D eigenvalue weighted by molar-refractivity contribution is 6.02. The van der Waals surface area contributed by atoms with Crippen molar-refractivity contribution in [3.05, 3.63) is 35.4 Å². The Bertz CT molecular complexity index is 630. The number of imide groups is 1. The second kappa shape index (κ2) is 6.37. The minimum Gasteiger partial charge on any atom is -0.336 e. The number of nitrogens with one attached hydrogen (secondary N) is 2. The molecule has 2 heterocycles. The van der Waals surface area contributed by atoms with Gasteiger partial charge in [-0.15, -0.1) is 0 Å². The number of carbonyl (C=O) groups is 3. The molecule has 2 aliphatic heterocycles. The van der Waals surface area contributed by atoms with E-state index < -0.39 is 0 Å². The minimum atomic E-state index is -0.386. The number of hydrogen-bond donors (Lipinski definition) is 2. The van der Waals surface area contributed by atoms with Crippen LogP contribution in [0.4, 0.5) is 4.79 Å². The van der Waals surface area contributed by atoms with Crippen molar-refractivity contribution in [3.8, 4) is 0 Å². The van der Waals surface area contributed by atoms with Gasteiger partial charge in [-0.05, 0) is 24.6 Å². The molecular formula is C16H20N4O3. The third kappa shape index (κ3) is 3.34. The average Bonchev–Trinajstić information content (AvgIpc) is 2.86. The highest BCUT2D eigenvalue weighted by Crippen LogP contribution is 2.14. The van der Waals surface area contributed by atoms with Crippen LogP contribution in [0.1, 0.15) is 22.8 Å². The van der Waals surface area contributed by atoms with E-state index in [2.05, 4.69) is 10.6 Å². The van der Waals surface area contributed by atoms with Crippen LogP contribution in [0.15, 0.2) is 24.3 Å². The van der Waals surface area contributed by atoms with Gasteiger partial charge in [0.25, 0.3) is 5.91 Å². The molecule has 2 saturated heterocycles. The lowest BCUT2D eigenvalue weighted by atomic mass is 10.1. The van der Waals surface area contributed by atoms with E-state index in [0.717, 1.165) is 17.0 Å². The van der Waals surface area contributed by atoms with Crippen LogP contribution >= 0.6 is 0 Å². The average molecular weight is 316 g/mol. The molecule has 0 radical (unpaired) electrons. The predicted molar refractivity (Wildman–Crippen MR) is 83.8 cm³/mol. The van der Waals surface area contributed by atoms with Crippen LogP contribution in [-0.4, -0.2) is 59.9 Å². The second-order valence-electron chi connectivity index (χ2n) is 5.95. The van der Waals surface area contributed by atoms with E-state index in [0.29, 0.717) is 18.7 Å². The van der Waals surface area contributed by atoms with E-state index in [1.807, 2.05) is 17.9 Å². The first-order chi connectivity index (χ1) is 11.0. The van der Waals surface area contributed by atoms with E-state index >= 15 is 0 Å². The molecule has 4 amide bonds. The number of benzene rings is 1. The van der Waals surface area contributed by atoms with Crippen molar-refractivity contribution >= 4 is 17.8 Å². The summed E-state index contributed by atoms with van der Waals surface area (Å²) in [5.74, 6) is -0.264. The summed E-state index contributed by atoms with van der Waals surface area (Å²) >= 11 is 0. The van der Waals surface area contributed by atoms with Crippen molar-refractivity contribution in [2.24, 2.45) is 0 Å². The van der Waals surface area contributed by atoms with Gasteiger partial charge < -0.3 is 15.5 Å². The summed E-state index contributed by atoms with van der Waals surface area (Å²) in [6.45, 7) is 4.42. The molecule has 0 aromatic heterocycles. The molecule has 122 valence electrons. The van der Waals surface area contributed by atoms with Crippen LogP contribution in [0.5, 0.6) is 0 Å². The Kier molecular flexibility index (Phi) is 4.29. The van der Waals surface area contributed by atoms with Crippen LogP contribution in [0, 0.1) is 0 Å². The molecule has 0 bridgehead atoms. The van der Waals surface area contributed by atoms with Gasteiger partial charge in [0.2, 0.25) is 5.91 Å². The Morgan fingerprint density at radius 2 is 2.17 bits per heavy atom. The highest BCUT2D eigenvalue weighted by atomic mass is 16.2. The molecule has 1 aromatic rings. The first kappa shape index (κ1) is 15.5. The van der Waals surface area contributed by atoms with Gasteiger partial charge in [-0.3, -0.25) is 14.5 Å². The number of amides is 4. The van der Waals surface area contributed by atoms with Gasteiger partial charge >= 0.3 is 6.03 Å². The molecule has 0 aliphatic carbocycles. The standard InChI is InChI=1S/C16H20N4O3/c1-11-9-19(6-5-17-11)15(22)13-4-2-3-12(7-13)10-20-14(21)8-18-16(20)23/h2-4,7,11,17H,5-6,8-10H2,1H3,(H,18,23)/t11-/m0/s1. The molecule has 2 aliphatic rings. The molecule has 1 aromatic carbocycles. The summed E-state index contributed by atoms with van der Waals surface area (Å²) in [7, 11) is 0. The van der Waals surface area contributed by atoms with Crippen molar-refractivity contribution in [2.45, 2.75) is 19.5 Å². The molecule has 0 spiro atoms. The molecule has 23 heavy (non-hydrogen) atoms. The first-order valence-electron chi connectivity index (χ1n) is 7.74. The fourth-order valence-corrected chi connectivity index (χ4v) is 2.90. The molecule has 3 rings (SSSR count). The number of urea groups is 1. The van der Waals surface area contributed by atoms with Gasteiger partial charge in [-0.25, -0.2) is 4.79 Å². The second-order valence-corrected chi connectivity index (χ2v) is 5.95. The van der Waals surface area contributed by atoms with Crippen molar-refractivity contribution in [1.82, 2.24) is 20.4 Å². The summed E-state index contributed by atoms with van der Waals surface area (Å²) < 4.78 is 0. The molecule has 0 unspecified atom stereocenters. The van der Waals surface area contributed by atoms with Crippen LogP contribution in [0.2, 0.25) is 0 Å². The van der Waals surface area contributed by atoms with Crippen LogP contribution in [0.3, 0.4) is 0 Å². The van der Waals surface area contributed by atoms with Crippen molar-refractivity contribution in [3.63, 3.8) is 0 Å². The van der Waals surface area contributed by atoms with Gasteiger partial charge in [-0.2, -0.15) is 0 Å². The maximum atomic E-state index is 12.6. The fourth-order valence-electron chi connectivity index (χ4n) is 2.90. The largest absolute Gasteiger partial charge is 0.336 e. The monoisotopic (exact) mass is 316 g/mol. The molecule has 7 nitrogen and oxygen atoms in total. The summed E-state index contributed by atoms with van der Waals surface area (Å²) in [5, 5.41) is 5.79. The zero-order valence-corrected chi connectivity index (χ0v) is 13.0. The molecule has 0 saturated carbocycles. The van der Waals surface area contributed by atoms with E-state index in [-0.39, 0.29) is 37.0 Å². The summed E-state index contributed by atoms with van der Waals surface area (Å²) in [6.07, 6.45) is 0. The lowest BCUT2D eigenvalue weighted by Crippen LogP contribution is -2.51. The van der Waals surface area contributed by atoms with Gasteiger partial charge in [0, 0.05) is 31.2 Å².